The zero-order valence-corrected chi connectivity index (χ0v) is 16.0. The topological polar surface area (TPSA) is 53.0 Å². The van der Waals surface area contributed by atoms with E-state index in [4.69, 9.17) is 16.3 Å². The van der Waals surface area contributed by atoms with Gasteiger partial charge in [0, 0.05) is 43.8 Å². The smallest absolute Gasteiger partial charge is 0.246 e. The Labute approximate surface area is 164 Å². The number of phenols is 1. The minimum atomic E-state index is -0.00977. The van der Waals surface area contributed by atoms with Crippen molar-refractivity contribution >= 4 is 23.6 Å². The Kier molecular flexibility index (Phi) is 6.37. The molecule has 0 bridgehead atoms. The Morgan fingerprint density at radius 2 is 1.96 bits per heavy atom. The van der Waals surface area contributed by atoms with Crippen LogP contribution in [0.25, 0.3) is 6.08 Å². The van der Waals surface area contributed by atoms with Gasteiger partial charge in [-0.05, 0) is 41.5 Å². The highest BCUT2D eigenvalue weighted by molar-refractivity contribution is 6.30. The number of phenolic OH excluding ortho intramolecular Hbond substituents is 1. The highest BCUT2D eigenvalue weighted by atomic mass is 35.5. The maximum atomic E-state index is 12.4. The van der Waals surface area contributed by atoms with Crippen molar-refractivity contribution in [2.45, 2.75) is 6.54 Å². The van der Waals surface area contributed by atoms with Gasteiger partial charge in [-0.2, -0.15) is 0 Å². The van der Waals surface area contributed by atoms with Crippen molar-refractivity contribution in [3.63, 3.8) is 0 Å². The van der Waals surface area contributed by atoms with Crippen LogP contribution in [0.2, 0.25) is 5.02 Å². The first kappa shape index (κ1) is 19.3. The van der Waals surface area contributed by atoms with Gasteiger partial charge in [-0.3, -0.25) is 9.69 Å². The van der Waals surface area contributed by atoms with Crippen molar-refractivity contribution in [1.82, 2.24) is 9.80 Å². The fraction of sp³-hybridized carbons (Fsp3) is 0.286. The van der Waals surface area contributed by atoms with Gasteiger partial charge in [-0.1, -0.05) is 29.8 Å². The van der Waals surface area contributed by atoms with Crippen LogP contribution < -0.4 is 4.74 Å². The Bertz CT molecular complexity index is 830. The summed E-state index contributed by atoms with van der Waals surface area (Å²) < 4.78 is 5.08. The van der Waals surface area contributed by atoms with Gasteiger partial charge in [0.05, 0.1) is 7.11 Å². The van der Waals surface area contributed by atoms with Crippen molar-refractivity contribution in [3.05, 3.63) is 64.7 Å². The third-order valence-corrected chi connectivity index (χ3v) is 4.84. The third-order valence-electron chi connectivity index (χ3n) is 4.60. The molecule has 2 aromatic rings. The molecule has 0 atom stereocenters. The normalized spacial score (nSPS) is 15.3. The summed E-state index contributed by atoms with van der Waals surface area (Å²) in [7, 11) is 1.50. The number of nitrogens with zero attached hydrogens (tertiary/aromatic N) is 2. The number of carbonyl (C=O) groups excluding carboxylic acids is 1. The summed E-state index contributed by atoms with van der Waals surface area (Å²) in [5.41, 5.74) is 1.99. The molecule has 1 aliphatic rings. The van der Waals surface area contributed by atoms with E-state index in [0.29, 0.717) is 18.8 Å². The number of ether oxygens (including phenoxy) is 1. The minimum Gasteiger partial charge on any atom is -0.504 e. The maximum Gasteiger partial charge on any atom is 0.246 e. The number of piperazine rings is 1. The molecule has 27 heavy (non-hydrogen) atoms. The van der Waals surface area contributed by atoms with Crippen LogP contribution in [0.5, 0.6) is 11.5 Å². The summed E-state index contributed by atoms with van der Waals surface area (Å²) in [5, 5.41) is 10.4. The molecule has 142 valence electrons. The van der Waals surface area contributed by atoms with Crippen LogP contribution in [0, 0.1) is 0 Å². The van der Waals surface area contributed by atoms with Gasteiger partial charge in [0.15, 0.2) is 11.5 Å². The predicted molar refractivity (Wildman–Crippen MR) is 107 cm³/mol. The molecular weight excluding hydrogens is 364 g/mol. The molecule has 2 aromatic carbocycles. The van der Waals surface area contributed by atoms with Gasteiger partial charge >= 0.3 is 0 Å². The van der Waals surface area contributed by atoms with Crippen LogP contribution >= 0.6 is 11.6 Å². The Balaban J connectivity index is 1.52. The fourth-order valence-corrected chi connectivity index (χ4v) is 3.30. The molecule has 0 aliphatic carbocycles. The van der Waals surface area contributed by atoms with Gasteiger partial charge in [0.2, 0.25) is 5.91 Å². The molecule has 6 heteroatoms. The second-order valence-electron chi connectivity index (χ2n) is 6.50. The lowest BCUT2D eigenvalue weighted by Crippen LogP contribution is -2.47. The lowest BCUT2D eigenvalue weighted by Gasteiger charge is -2.34. The Morgan fingerprint density at radius 1 is 1.19 bits per heavy atom. The summed E-state index contributed by atoms with van der Waals surface area (Å²) in [4.78, 5) is 16.6. The van der Waals surface area contributed by atoms with Gasteiger partial charge in [-0.15, -0.1) is 0 Å². The molecule has 0 saturated carbocycles. The summed E-state index contributed by atoms with van der Waals surface area (Å²) >= 11 is 6.04. The van der Waals surface area contributed by atoms with Crippen LogP contribution in [-0.4, -0.2) is 54.1 Å². The van der Waals surface area contributed by atoms with Crippen molar-refractivity contribution in [2.75, 3.05) is 33.3 Å². The first-order valence-corrected chi connectivity index (χ1v) is 9.24. The molecule has 1 fully saturated rings. The van der Waals surface area contributed by atoms with Crippen LogP contribution in [0.15, 0.2) is 48.5 Å². The molecular formula is C21H23ClN2O3. The maximum absolute atomic E-state index is 12.4. The lowest BCUT2D eigenvalue weighted by atomic mass is 10.1. The quantitative estimate of drug-likeness (QED) is 0.800. The van der Waals surface area contributed by atoms with E-state index in [2.05, 4.69) is 11.0 Å². The van der Waals surface area contributed by atoms with Gasteiger partial charge in [-0.25, -0.2) is 0 Å². The number of hydrogen-bond donors (Lipinski definition) is 1. The first-order valence-electron chi connectivity index (χ1n) is 8.86. The molecule has 1 saturated heterocycles. The molecule has 5 nitrogen and oxygen atoms in total. The summed E-state index contributed by atoms with van der Waals surface area (Å²) in [6, 6.07) is 12.9. The number of hydrogen-bond acceptors (Lipinski definition) is 4. The number of aromatic hydroxyl groups is 1. The monoisotopic (exact) mass is 386 g/mol. The van der Waals surface area contributed by atoms with Crippen LogP contribution in [0.3, 0.4) is 0 Å². The molecule has 1 amide bonds. The standard InChI is InChI=1S/C21H23ClN2O3/c1-27-20-14-16(5-7-19(20)25)6-8-21(26)24-11-9-23(10-12-24)15-17-3-2-4-18(22)13-17/h2-8,13-14,25H,9-12,15H2,1H3/b8-6+. The third kappa shape index (κ3) is 5.25. The Hall–Kier alpha value is -2.50. The molecule has 1 heterocycles. The molecule has 1 aliphatic heterocycles. The van der Waals surface area contributed by atoms with Crippen molar-refractivity contribution in [3.8, 4) is 11.5 Å². The number of amides is 1. The van der Waals surface area contributed by atoms with Gasteiger partial charge in [0.1, 0.15) is 0 Å². The van der Waals surface area contributed by atoms with E-state index in [1.165, 1.54) is 12.7 Å². The van der Waals surface area contributed by atoms with E-state index < -0.39 is 0 Å². The number of carbonyl (C=O) groups is 1. The average Bonchev–Trinajstić information content (AvgIpc) is 2.67. The summed E-state index contributed by atoms with van der Waals surface area (Å²) in [5.74, 6) is 0.459. The Morgan fingerprint density at radius 3 is 2.67 bits per heavy atom. The minimum absolute atomic E-state index is 0.00977. The highest BCUT2D eigenvalue weighted by Crippen LogP contribution is 2.26. The largest absolute Gasteiger partial charge is 0.504 e. The number of halogens is 1. The average molecular weight is 387 g/mol. The van der Waals surface area contributed by atoms with Crippen molar-refractivity contribution < 1.29 is 14.6 Å². The van der Waals surface area contributed by atoms with Crippen molar-refractivity contribution in [2.24, 2.45) is 0 Å². The molecule has 0 radical (unpaired) electrons. The molecule has 1 N–H and O–H groups in total. The van der Waals surface area contributed by atoms with Crippen LogP contribution in [-0.2, 0) is 11.3 Å². The van der Waals surface area contributed by atoms with E-state index in [1.807, 2.05) is 23.1 Å². The van der Waals surface area contributed by atoms with E-state index in [1.54, 1.807) is 30.4 Å². The number of methoxy groups -OCH3 is 1. The number of benzene rings is 2. The first-order chi connectivity index (χ1) is 13.0. The van der Waals surface area contributed by atoms with E-state index in [0.717, 1.165) is 30.2 Å². The predicted octanol–water partition coefficient (Wildman–Crippen LogP) is 3.41. The van der Waals surface area contributed by atoms with E-state index in [-0.39, 0.29) is 11.7 Å². The fourth-order valence-electron chi connectivity index (χ4n) is 3.09. The second-order valence-corrected chi connectivity index (χ2v) is 6.93. The highest BCUT2D eigenvalue weighted by Gasteiger charge is 2.19. The molecule has 3 rings (SSSR count). The van der Waals surface area contributed by atoms with Gasteiger partial charge in [0.25, 0.3) is 0 Å². The molecule has 0 spiro atoms. The zero-order valence-electron chi connectivity index (χ0n) is 15.3. The molecule has 0 aromatic heterocycles. The zero-order chi connectivity index (χ0) is 19.2. The lowest BCUT2D eigenvalue weighted by molar-refractivity contribution is -0.127. The summed E-state index contributed by atoms with van der Waals surface area (Å²) in [6.07, 6.45) is 3.31. The summed E-state index contributed by atoms with van der Waals surface area (Å²) in [6.45, 7) is 3.90. The second kappa shape index (κ2) is 8.93. The SMILES string of the molecule is COc1cc(/C=C/C(=O)N2CCN(Cc3cccc(Cl)c3)CC2)ccc1O. The van der Waals surface area contributed by atoms with E-state index in [9.17, 15) is 9.90 Å². The van der Waals surface area contributed by atoms with E-state index >= 15 is 0 Å². The van der Waals surface area contributed by atoms with Gasteiger partial charge < -0.3 is 14.7 Å². The van der Waals surface area contributed by atoms with Crippen LogP contribution in [0.1, 0.15) is 11.1 Å². The molecule has 0 unspecified atom stereocenters. The van der Waals surface area contributed by atoms with Crippen molar-refractivity contribution in [1.29, 1.82) is 0 Å². The van der Waals surface area contributed by atoms with Crippen LogP contribution in [0.4, 0.5) is 0 Å². The number of rotatable bonds is 5.